The molecule has 0 bridgehead atoms. The third kappa shape index (κ3) is 1.70. The quantitative estimate of drug-likeness (QED) is 0.797. The third-order valence-corrected chi connectivity index (χ3v) is 3.64. The van der Waals surface area contributed by atoms with Gasteiger partial charge in [0, 0.05) is 18.4 Å². The largest absolute Gasteiger partial charge is 0.463 e. The monoisotopic (exact) mass is 209 g/mol. The average Bonchev–Trinajstić information content (AvgIpc) is 2.64. The molecule has 3 N–H and O–H groups in total. The summed E-state index contributed by atoms with van der Waals surface area (Å²) in [7, 11) is 0. The lowest BCUT2D eigenvalue weighted by Crippen LogP contribution is -2.42. The molecular formula is C12H19NO2. The van der Waals surface area contributed by atoms with Crippen molar-refractivity contribution in [3.8, 4) is 0 Å². The van der Waals surface area contributed by atoms with E-state index in [1.54, 1.807) is 0 Å². The molecule has 0 spiro atoms. The van der Waals surface area contributed by atoms with E-state index >= 15 is 0 Å². The molecule has 0 amide bonds. The molecule has 1 unspecified atom stereocenters. The van der Waals surface area contributed by atoms with Gasteiger partial charge in [-0.1, -0.05) is 13.3 Å². The standard InChI is InChI=1S/C12H19NO2/c1-2-9-4-5-10(15-9)11(14)12(8-13)6-3-7-12/h4-5,11,14H,2-3,6-8,13H2,1H3. The maximum absolute atomic E-state index is 10.2. The van der Waals surface area contributed by atoms with Crippen LogP contribution in [-0.2, 0) is 6.42 Å². The van der Waals surface area contributed by atoms with Gasteiger partial charge in [0.15, 0.2) is 0 Å². The average molecular weight is 209 g/mol. The summed E-state index contributed by atoms with van der Waals surface area (Å²) < 4.78 is 5.57. The fraction of sp³-hybridized carbons (Fsp3) is 0.667. The highest BCUT2D eigenvalue weighted by Gasteiger charge is 2.44. The molecule has 3 nitrogen and oxygen atoms in total. The normalized spacial score (nSPS) is 21.0. The second kappa shape index (κ2) is 3.99. The Morgan fingerprint density at radius 3 is 2.67 bits per heavy atom. The molecule has 1 fully saturated rings. The lowest BCUT2D eigenvalue weighted by molar-refractivity contribution is -0.0421. The van der Waals surface area contributed by atoms with Gasteiger partial charge in [0.2, 0.25) is 0 Å². The highest BCUT2D eigenvalue weighted by atomic mass is 16.4. The first-order valence-electron chi connectivity index (χ1n) is 5.68. The fourth-order valence-corrected chi connectivity index (χ4v) is 2.25. The van der Waals surface area contributed by atoms with Crippen molar-refractivity contribution in [3.05, 3.63) is 23.7 Å². The first kappa shape index (κ1) is 10.7. The molecule has 1 aromatic heterocycles. The summed E-state index contributed by atoms with van der Waals surface area (Å²) in [5.41, 5.74) is 5.62. The summed E-state index contributed by atoms with van der Waals surface area (Å²) in [6, 6.07) is 3.81. The van der Waals surface area contributed by atoms with Gasteiger partial charge >= 0.3 is 0 Å². The molecule has 1 aliphatic rings. The molecule has 1 aliphatic carbocycles. The van der Waals surface area contributed by atoms with E-state index in [1.807, 2.05) is 19.1 Å². The van der Waals surface area contributed by atoms with Gasteiger partial charge in [-0.3, -0.25) is 0 Å². The molecule has 2 rings (SSSR count). The van der Waals surface area contributed by atoms with Crippen LogP contribution in [0.15, 0.2) is 16.5 Å². The summed E-state index contributed by atoms with van der Waals surface area (Å²) in [5, 5.41) is 10.2. The number of hydrogen-bond acceptors (Lipinski definition) is 3. The minimum Gasteiger partial charge on any atom is -0.463 e. The Morgan fingerprint density at radius 1 is 1.53 bits per heavy atom. The predicted molar refractivity (Wildman–Crippen MR) is 58.4 cm³/mol. The maximum atomic E-state index is 10.2. The molecule has 1 saturated carbocycles. The molecular weight excluding hydrogens is 190 g/mol. The first-order chi connectivity index (χ1) is 7.22. The van der Waals surface area contributed by atoms with Crippen molar-refractivity contribution in [1.29, 1.82) is 0 Å². The van der Waals surface area contributed by atoms with Gasteiger partial charge in [-0.25, -0.2) is 0 Å². The van der Waals surface area contributed by atoms with Crippen molar-refractivity contribution in [2.45, 2.75) is 38.7 Å². The highest BCUT2D eigenvalue weighted by Crippen LogP contribution is 2.49. The van der Waals surface area contributed by atoms with Crippen molar-refractivity contribution < 1.29 is 9.52 Å². The van der Waals surface area contributed by atoms with Gasteiger partial charge in [-0.2, -0.15) is 0 Å². The van der Waals surface area contributed by atoms with Crippen LogP contribution in [-0.4, -0.2) is 11.7 Å². The molecule has 0 aromatic carbocycles. The lowest BCUT2D eigenvalue weighted by atomic mass is 9.64. The van der Waals surface area contributed by atoms with Crippen LogP contribution in [0.25, 0.3) is 0 Å². The van der Waals surface area contributed by atoms with Crippen LogP contribution in [0.3, 0.4) is 0 Å². The summed E-state index contributed by atoms with van der Waals surface area (Å²) >= 11 is 0. The Labute approximate surface area is 90.3 Å². The Bertz CT molecular complexity index is 323. The Hall–Kier alpha value is -0.800. The summed E-state index contributed by atoms with van der Waals surface area (Å²) in [6.45, 7) is 2.58. The van der Waals surface area contributed by atoms with E-state index in [-0.39, 0.29) is 5.41 Å². The van der Waals surface area contributed by atoms with Crippen molar-refractivity contribution >= 4 is 0 Å². The van der Waals surface area contributed by atoms with Crippen LogP contribution in [0.4, 0.5) is 0 Å². The van der Waals surface area contributed by atoms with Crippen LogP contribution in [0, 0.1) is 5.41 Å². The molecule has 1 heterocycles. The van der Waals surface area contributed by atoms with Gasteiger partial charge in [0.05, 0.1) is 0 Å². The first-order valence-corrected chi connectivity index (χ1v) is 5.68. The molecule has 0 radical (unpaired) electrons. The summed E-state index contributed by atoms with van der Waals surface area (Å²) in [5.74, 6) is 1.60. The van der Waals surface area contributed by atoms with Crippen LogP contribution in [0.5, 0.6) is 0 Å². The van der Waals surface area contributed by atoms with Gasteiger partial charge < -0.3 is 15.3 Å². The van der Waals surface area contributed by atoms with Crippen molar-refractivity contribution in [2.24, 2.45) is 11.1 Å². The van der Waals surface area contributed by atoms with Gasteiger partial charge in [-0.15, -0.1) is 0 Å². The molecule has 3 heteroatoms. The van der Waals surface area contributed by atoms with Gasteiger partial charge in [0.25, 0.3) is 0 Å². The van der Waals surface area contributed by atoms with E-state index < -0.39 is 6.10 Å². The number of aryl methyl sites for hydroxylation is 1. The zero-order valence-electron chi connectivity index (χ0n) is 9.20. The number of rotatable bonds is 4. The summed E-state index contributed by atoms with van der Waals surface area (Å²) in [4.78, 5) is 0. The molecule has 84 valence electrons. The van der Waals surface area contributed by atoms with Crippen LogP contribution in [0.1, 0.15) is 43.8 Å². The lowest BCUT2D eigenvalue weighted by Gasteiger charge is -2.43. The Balaban J connectivity index is 2.15. The van der Waals surface area contributed by atoms with Crippen molar-refractivity contribution in [3.63, 3.8) is 0 Å². The second-order valence-electron chi connectivity index (χ2n) is 4.48. The molecule has 0 aliphatic heterocycles. The van der Waals surface area contributed by atoms with E-state index in [2.05, 4.69) is 0 Å². The number of furan rings is 1. The second-order valence-corrected chi connectivity index (χ2v) is 4.48. The zero-order valence-corrected chi connectivity index (χ0v) is 9.20. The molecule has 1 atom stereocenters. The Morgan fingerprint density at radius 2 is 2.27 bits per heavy atom. The van der Waals surface area contributed by atoms with Crippen LogP contribution < -0.4 is 5.73 Å². The topological polar surface area (TPSA) is 59.4 Å². The highest BCUT2D eigenvalue weighted by molar-refractivity contribution is 5.13. The zero-order chi connectivity index (χ0) is 10.9. The van der Waals surface area contributed by atoms with E-state index in [0.29, 0.717) is 12.3 Å². The van der Waals surface area contributed by atoms with Crippen LogP contribution in [0.2, 0.25) is 0 Å². The third-order valence-electron chi connectivity index (χ3n) is 3.64. The number of aliphatic hydroxyl groups excluding tert-OH is 1. The van der Waals surface area contributed by atoms with Crippen molar-refractivity contribution in [2.75, 3.05) is 6.54 Å². The molecule has 15 heavy (non-hydrogen) atoms. The van der Waals surface area contributed by atoms with E-state index in [0.717, 1.165) is 31.4 Å². The molecule has 1 aromatic rings. The number of nitrogens with two attached hydrogens (primary N) is 1. The predicted octanol–water partition coefficient (Wildman–Crippen LogP) is 2.00. The van der Waals surface area contributed by atoms with E-state index in [4.69, 9.17) is 10.2 Å². The van der Waals surface area contributed by atoms with Gasteiger partial charge in [0.1, 0.15) is 17.6 Å². The van der Waals surface area contributed by atoms with Crippen molar-refractivity contribution in [1.82, 2.24) is 0 Å². The van der Waals surface area contributed by atoms with E-state index in [9.17, 15) is 5.11 Å². The maximum Gasteiger partial charge on any atom is 0.133 e. The smallest absolute Gasteiger partial charge is 0.133 e. The molecule has 0 saturated heterocycles. The minimum absolute atomic E-state index is 0.122. The van der Waals surface area contributed by atoms with E-state index in [1.165, 1.54) is 0 Å². The number of hydrogen-bond donors (Lipinski definition) is 2. The minimum atomic E-state index is -0.531. The fourth-order valence-electron chi connectivity index (χ4n) is 2.25. The SMILES string of the molecule is CCc1ccc(C(O)C2(CN)CCC2)o1. The number of aliphatic hydroxyl groups is 1. The summed E-state index contributed by atoms with van der Waals surface area (Å²) in [6.07, 6.45) is 3.51. The van der Waals surface area contributed by atoms with Crippen LogP contribution >= 0.6 is 0 Å². The Kier molecular flexibility index (Phi) is 2.85. The van der Waals surface area contributed by atoms with Gasteiger partial charge in [-0.05, 0) is 25.0 Å².